The monoisotopic (exact) mass is 505 g/mol. The fourth-order valence-electron chi connectivity index (χ4n) is 4.83. The molecule has 0 N–H and O–H groups in total. The second kappa shape index (κ2) is 11.7. The Balaban J connectivity index is 1.75. The molecule has 2 aromatic carbocycles. The second-order valence-electron chi connectivity index (χ2n) is 8.84. The van der Waals surface area contributed by atoms with Gasteiger partial charge >= 0.3 is 0 Å². The van der Waals surface area contributed by atoms with E-state index < -0.39 is 0 Å². The Morgan fingerprint density at radius 1 is 1.14 bits per heavy atom. The maximum Gasteiger partial charge on any atom is 0.266 e. The van der Waals surface area contributed by atoms with Gasteiger partial charge in [0.15, 0.2) is 0 Å². The molecule has 0 saturated heterocycles. The lowest BCUT2D eigenvalue weighted by Crippen LogP contribution is -2.40. The first-order valence-electron chi connectivity index (χ1n) is 12.2. The van der Waals surface area contributed by atoms with Crippen molar-refractivity contribution in [2.45, 2.75) is 51.6 Å². The molecule has 3 aromatic rings. The van der Waals surface area contributed by atoms with Crippen LogP contribution in [0.15, 0.2) is 61.2 Å². The molecule has 1 aromatic heterocycles. The summed E-state index contributed by atoms with van der Waals surface area (Å²) in [6.45, 7) is 6.35. The number of methoxy groups -OCH3 is 1. The van der Waals surface area contributed by atoms with Gasteiger partial charge < -0.3 is 9.64 Å². The Morgan fingerprint density at radius 3 is 2.54 bits per heavy atom. The van der Waals surface area contributed by atoms with Crippen molar-refractivity contribution in [2.24, 2.45) is 0 Å². The number of allylic oxidation sites excluding steroid dienone is 1. The first-order chi connectivity index (χ1) is 17.1. The molecule has 0 spiro atoms. The van der Waals surface area contributed by atoms with Crippen LogP contribution in [-0.2, 0) is 6.54 Å². The van der Waals surface area contributed by atoms with Crippen molar-refractivity contribution in [3.05, 3.63) is 87.1 Å². The summed E-state index contributed by atoms with van der Waals surface area (Å²) in [6.07, 6.45) is 11.2. The normalized spacial score (nSPS) is 14.3. The van der Waals surface area contributed by atoms with E-state index in [4.69, 9.17) is 16.3 Å². The fourth-order valence-corrected chi connectivity index (χ4v) is 6.38. The van der Waals surface area contributed by atoms with Crippen LogP contribution in [0.25, 0.3) is 23.3 Å². The topological polar surface area (TPSA) is 29.5 Å². The van der Waals surface area contributed by atoms with Crippen LogP contribution in [0.4, 0.5) is 0 Å². The van der Waals surface area contributed by atoms with E-state index in [2.05, 4.69) is 30.8 Å². The van der Waals surface area contributed by atoms with Gasteiger partial charge in [-0.1, -0.05) is 86.0 Å². The van der Waals surface area contributed by atoms with Crippen LogP contribution >= 0.6 is 22.9 Å². The van der Waals surface area contributed by atoms with Gasteiger partial charge in [-0.3, -0.25) is 4.79 Å². The number of amides is 1. The molecule has 0 aliphatic heterocycles. The average molecular weight is 506 g/mol. The van der Waals surface area contributed by atoms with E-state index in [1.54, 1.807) is 13.2 Å². The predicted molar refractivity (Wildman–Crippen MR) is 149 cm³/mol. The van der Waals surface area contributed by atoms with E-state index in [1.807, 2.05) is 48.2 Å². The average Bonchev–Trinajstić information content (AvgIpc) is 3.22. The first-order valence-corrected chi connectivity index (χ1v) is 13.4. The third kappa shape index (κ3) is 5.55. The Kier molecular flexibility index (Phi) is 8.48. The quantitative estimate of drug-likeness (QED) is 0.306. The molecule has 3 nitrogen and oxygen atoms in total. The number of thiophene rings is 1. The first kappa shape index (κ1) is 25.3. The minimum absolute atomic E-state index is 0.0158. The largest absolute Gasteiger partial charge is 0.496 e. The Labute approximate surface area is 217 Å². The van der Waals surface area contributed by atoms with E-state index in [0.29, 0.717) is 16.4 Å². The van der Waals surface area contributed by atoms with Crippen molar-refractivity contribution in [3.63, 3.8) is 0 Å². The van der Waals surface area contributed by atoms with Crippen LogP contribution < -0.4 is 4.74 Å². The zero-order chi connectivity index (χ0) is 24.8. The summed E-state index contributed by atoms with van der Waals surface area (Å²) in [7, 11) is 1.68. The zero-order valence-electron chi connectivity index (χ0n) is 20.4. The molecule has 4 rings (SSSR count). The number of hydrogen-bond donors (Lipinski definition) is 0. The summed E-state index contributed by atoms with van der Waals surface area (Å²) in [4.78, 5) is 17.6. The second-order valence-corrected chi connectivity index (χ2v) is 10.3. The van der Waals surface area contributed by atoms with Crippen LogP contribution in [0, 0.1) is 0 Å². The SMILES string of the molecule is C=Cc1c(/C=C\C)sc(C(=O)N(Cc2cc(-c3ccccc3)ccc2OC)C2CCCCC2)c1Cl. The number of nitrogens with zero attached hydrogens (tertiary/aromatic N) is 1. The summed E-state index contributed by atoms with van der Waals surface area (Å²) in [5.41, 5.74) is 4.07. The van der Waals surface area contributed by atoms with Crippen molar-refractivity contribution in [3.8, 4) is 16.9 Å². The molecule has 0 bridgehead atoms. The van der Waals surface area contributed by atoms with Gasteiger partial charge in [0.2, 0.25) is 0 Å². The summed E-state index contributed by atoms with van der Waals surface area (Å²) >= 11 is 8.19. The smallest absolute Gasteiger partial charge is 0.266 e. The summed E-state index contributed by atoms with van der Waals surface area (Å²) in [5.74, 6) is 0.773. The van der Waals surface area contributed by atoms with Crippen molar-refractivity contribution < 1.29 is 9.53 Å². The number of hydrogen-bond acceptors (Lipinski definition) is 3. The van der Waals surface area contributed by atoms with E-state index >= 15 is 0 Å². The van der Waals surface area contributed by atoms with Crippen molar-refractivity contribution in [2.75, 3.05) is 7.11 Å². The molecular weight excluding hydrogens is 474 g/mol. The highest BCUT2D eigenvalue weighted by atomic mass is 35.5. The van der Waals surface area contributed by atoms with Gasteiger partial charge in [-0.15, -0.1) is 11.3 Å². The summed E-state index contributed by atoms with van der Waals surface area (Å²) in [5, 5.41) is 0.494. The fraction of sp³-hybridized carbons (Fsp3) is 0.300. The maximum absolute atomic E-state index is 14.1. The van der Waals surface area contributed by atoms with Crippen molar-refractivity contribution in [1.82, 2.24) is 4.90 Å². The molecule has 35 heavy (non-hydrogen) atoms. The molecule has 0 unspecified atom stereocenters. The third-order valence-electron chi connectivity index (χ3n) is 6.63. The van der Waals surface area contributed by atoms with Crippen molar-refractivity contribution in [1.29, 1.82) is 0 Å². The van der Waals surface area contributed by atoms with Crippen LogP contribution in [0.1, 0.15) is 64.7 Å². The number of rotatable bonds is 8. The predicted octanol–water partition coefficient (Wildman–Crippen LogP) is 8.73. The molecule has 5 heteroatoms. The van der Waals surface area contributed by atoms with Gasteiger partial charge in [0, 0.05) is 28.6 Å². The lowest BCUT2D eigenvalue weighted by Gasteiger charge is -2.34. The van der Waals surface area contributed by atoms with Crippen LogP contribution in [0.2, 0.25) is 5.02 Å². The molecule has 1 aliphatic carbocycles. The van der Waals surface area contributed by atoms with Crippen molar-refractivity contribution >= 4 is 41.0 Å². The number of ether oxygens (including phenoxy) is 1. The molecule has 182 valence electrons. The Hall–Kier alpha value is -2.82. The molecule has 1 fully saturated rings. The highest BCUT2D eigenvalue weighted by Gasteiger charge is 2.31. The number of benzene rings is 2. The summed E-state index contributed by atoms with van der Waals surface area (Å²) < 4.78 is 5.72. The molecule has 1 saturated carbocycles. The van der Waals surface area contributed by atoms with Gasteiger partial charge in [0.1, 0.15) is 10.6 Å². The number of carbonyl (C=O) groups is 1. The molecule has 1 heterocycles. The van der Waals surface area contributed by atoms with Gasteiger partial charge in [0.25, 0.3) is 5.91 Å². The number of carbonyl (C=O) groups excluding carboxylic acids is 1. The highest BCUT2D eigenvalue weighted by Crippen LogP contribution is 2.38. The molecule has 1 aliphatic rings. The third-order valence-corrected chi connectivity index (χ3v) is 8.30. The van der Waals surface area contributed by atoms with Crippen LogP contribution in [0.3, 0.4) is 0 Å². The standard InChI is InChI=1S/C30H32ClNO2S/c1-4-12-27-25(5-2)28(31)29(35-27)30(33)32(24-15-10-7-11-16-24)20-23-19-22(17-18-26(23)34-3)21-13-8-6-9-14-21/h4-6,8-9,12-14,17-19,24H,2,7,10-11,15-16,20H2,1,3H3/b12-4-. The molecule has 0 radical (unpaired) electrons. The van der Waals surface area contributed by atoms with Gasteiger partial charge in [-0.25, -0.2) is 0 Å². The van der Waals surface area contributed by atoms with Gasteiger partial charge in [-0.2, -0.15) is 0 Å². The van der Waals surface area contributed by atoms with Gasteiger partial charge in [-0.05, 0) is 49.1 Å². The molecular formula is C30H32ClNO2S. The van der Waals surface area contributed by atoms with Gasteiger partial charge in [0.05, 0.1) is 12.1 Å². The number of halogens is 1. The van der Waals surface area contributed by atoms with E-state index in [9.17, 15) is 4.79 Å². The van der Waals surface area contributed by atoms with E-state index in [0.717, 1.165) is 58.6 Å². The lowest BCUT2D eigenvalue weighted by molar-refractivity contribution is 0.0618. The minimum Gasteiger partial charge on any atom is -0.496 e. The van der Waals surface area contributed by atoms with Crippen LogP contribution in [-0.4, -0.2) is 24.0 Å². The Morgan fingerprint density at radius 2 is 1.89 bits per heavy atom. The minimum atomic E-state index is -0.0158. The van der Waals surface area contributed by atoms with E-state index in [-0.39, 0.29) is 11.9 Å². The Bertz CT molecular complexity index is 1210. The maximum atomic E-state index is 14.1. The highest BCUT2D eigenvalue weighted by molar-refractivity contribution is 7.15. The zero-order valence-corrected chi connectivity index (χ0v) is 22.0. The molecule has 1 amide bonds. The van der Waals surface area contributed by atoms with E-state index in [1.165, 1.54) is 17.8 Å². The summed E-state index contributed by atoms with van der Waals surface area (Å²) in [6, 6.07) is 16.7. The molecule has 0 atom stereocenters. The lowest BCUT2D eigenvalue weighted by atomic mass is 9.93. The van der Waals surface area contributed by atoms with Crippen LogP contribution in [0.5, 0.6) is 5.75 Å².